The van der Waals surface area contributed by atoms with Gasteiger partial charge in [-0.05, 0) is 31.7 Å². The van der Waals surface area contributed by atoms with E-state index in [1.807, 2.05) is 20.8 Å². The number of rotatable bonds is 7. The number of carbonyl (C=O) groups is 1. The maximum Gasteiger partial charge on any atom is 0.139 e. The Labute approximate surface area is 100 Å². The first kappa shape index (κ1) is 13.7. The predicted molar refractivity (Wildman–Crippen MR) is 68.5 cm³/mol. The summed E-state index contributed by atoms with van der Waals surface area (Å²) in [5.74, 6) is 1.32. The molecule has 0 aromatic rings. The van der Waals surface area contributed by atoms with Crippen molar-refractivity contribution in [1.29, 1.82) is 0 Å². The van der Waals surface area contributed by atoms with Gasteiger partial charge in [-0.2, -0.15) is 0 Å². The third-order valence-corrected chi connectivity index (χ3v) is 3.24. The molecule has 1 saturated carbocycles. The van der Waals surface area contributed by atoms with Crippen LogP contribution in [0.3, 0.4) is 0 Å². The zero-order valence-corrected chi connectivity index (χ0v) is 11.4. The molecule has 0 spiro atoms. The van der Waals surface area contributed by atoms with Crippen molar-refractivity contribution in [2.24, 2.45) is 11.3 Å². The minimum absolute atomic E-state index is 0.169. The van der Waals surface area contributed by atoms with Gasteiger partial charge in [0, 0.05) is 24.9 Å². The van der Waals surface area contributed by atoms with E-state index in [-0.39, 0.29) is 5.41 Å². The van der Waals surface area contributed by atoms with E-state index in [0.29, 0.717) is 5.78 Å². The van der Waals surface area contributed by atoms with E-state index in [0.717, 1.165) is 25.4 Å². The molecule has 1 fully saturated rings. The van der Waals surface area contributed by atoms with Gasteiger partial charge >= 0.3 is 0 Å². The van der Waals surface area contributed by atoms with Crippen LogP contribution in [0.15, 0.2) is 0 Å². The van der Waals surface area contributed by atoms with Crippen molar-refractivity contribution in [2.45, 2.75) is 53.4 Å². The first-order valence-corrected chi connectivity index (χ1v) is 6.69. The fraction of sp³-hybridized carbons (Fsp3) is 0.929. The largest absolute Gasteiger partial charge is 0.303 e. The molecule has 0 aromatic heterocycles. The van der Waals surface area contributed by atoms with E-state index < -0.39 is 0 Å². The second kappa shape index (κ2) is 5.81. The monoisotopic (exact) mass is 225 g/mol. The standard InChI is InChI=1S/C14H27NO/c1-5-9-15(11-12-6-7-12)10-8-13(16)14(2,3)4/h12H,5-11H2,1-4H3. The molecule has 0 aliphatic heterocycles. The highest BCUT2D eigenvalue weighted by atomic mass is 16.1. The summed E-state index contributed by atoms with van der Waals surface area (Å²) in [7, 11) is 0. The Morgan fingerprint density at radius 1 is 1.25 bits per heavy atom. The van der Waals surface area contributed by atoms with Crippen molar-refractivity contribution in [1.82, 2.24) is 4.90 Å². The molecular weight excluding hydrogens is 198 g/mol. The van der Waals surface area contributed by atoms with E-state index in [4.69, 9.17) is 0 Å². The Morgan fingerprint density at radius 2 is 1.88 bits per heavy atom. The Kier molecular flexibility index (Phi) is 4.97. The molecule has 1 aliphatic carbocycles. The molecule has 2 nitrogen and oxygen atoms in total. The van der Waals surface area contributed by atoms with Gasteiger partial charge in [0.1, 0.15) is 5.78 Å². The van der Waals surface area contributed by atoms with Crippen LogP contribution in [0.1, 0.15) is 53.4 Å². The predicted octanol–water partition coefficient (Wildman–Crippen LogP) is 3.11. The maximum atomic E-state index is 11.8. The van der Waals surface area contributed by atoms with E-state index >= 15 is 0 Å². The minimum Gasteiger partial charge on any atom is -0.303 e. The van der Waals surface area contributed by atoms with Crippen LogP contribution in [0.4, 0.5) is 0 Å². The Morgan fingerprint density at radius 3 is 2.31 bits per heavy atom. The first-order chi connectivity index (χ1) is 7.43. The summed E-state index contributed by atoms with van der Waals surface area (Å²) in [6.45, 7) is 11.6. The topological polar surface area (TPSA) is 20.3 Å². The first-order valence-electron chi connectivity index (χ1n) is 6.69. The highest BCUT2D eigenvalue weighted by Gasteiger charge is 2.25. The Balaban J connectivity index is 2.27. The van der Waals surface area contributed by atoms with Crippen molar-refractivity contribution in [3.63, 3.8) is 0 Å². The molecule has 0 N–H and O–H groups in total. The fourth-order valence-corrected chi connectivity index (χ4v) is 1.91. The molecule has 0 saturated heterocycles. The number of nitrogens with zero attached hydrogens (tertiary/aromatic N) is 1. The quantitative estimate of drug-likeness (QED) is 0.663. The summed E-state index contributed by atoms with van der Waals surface area (Å²) >= 11 is 0. The molecule has 0 atom stereocenters. The van der Waals surface area contributed by atoms with Gasteiger partial charge in [0.25, 0.3) is 0 Å². The molecule has 0 amide bonds. The van der Waals surface area contributed by atoms with E-state index in [1.165, 1.54) is 25.8 Å². The van der Waals surface area contributed by atoms with Crippen LogP contribution in [0.2, 0.25) is 0 Å². The second-order valence-electron chi connectivity index (χ2n) is 6.17. The molecule has 1 aliphatic rings. The van der Waals surface area contributed by atoms with Gasteiger partial charge in [-0.3, -0.25) is 4.79 Å². The summed E-state index contributed by atoms with van der Waals surface area (Å²) in [4.78, 5) is 14.3. The van der Waals surface area contributed by atoms with Crippen LogP contribution in [-0.4, -0.2) is 30.3 Å². The third-order valence-electron chi connectivity index (χ3n) is 3.24. The number of Topliss-reactive ketones (excluding diaryl/α,β-unsaturated/α-hetero) is 1. The van der Waals surface area contributed by atoms with Gasteiger partial charge in [-0.25, -0.2) is 0 Å². The lowest BCUT2D eigenvalue weighted by molar-refractivity contribution is -0.126. The average molecular weight is 225 g/mol. The zero-order valence-electron chi connectivity index (χ0n) is 11.4. The molecule has 94 valence electrons. The van der Waals surface area contributed by atoms with Crippen molar-refractivity contribution >= 4 is 5.78 Å². The highest BCUT2D eigenvalue weighted by molar-refractivity contribution is 5.83. The third kappa shape index (κ3) is 5.11. The minimum atomic E-state index is -0.169. The summed E-state index contributed by atoms with van der Waals surface area (Å²) in [6, 6.07) is 0. The van der Waals surface area contributed by atoms with Crippen LogP contribution in [0, 0.1) is 11.3 Å². The average Bonchev–Trinajstić information content (AvgIpc) is 2.96. The molecule has 0 heterocycles. The van der Waals surface area contributed by atoms with Gasteiger partial charge in [-0.1, -0.05) is 27.7 Å². The van der Waals surface area contributed by atoms with E-state index in [1.54, 1.807) is 0 Å². The number of carbonyl (C=O) groups excluding carboxylic acids is 1. The molecule has 1 rings (SSSR count). The van der Waals surface area contributed by atoms with Crippen LogP contribution in [0.25, 0.3) is 0 Å². The van der Waals surface area contributed by atoms with E-state index in [9.17, 15) is 4.79 Å². The number of hydrogen-bond acceptors (Lipinski definition) is 2. The van der Waals surface area contributed by atoms with Gasteiger partial charge in [0.15, 0.2) is 0 Å². The Bertz CT molecular complexity index is 225. The second-order valence-corrected chi connectivity index (χ2v) is 6.17. The van der Waals surface area contributed by atoms with Crippen molar-refractivity contribution < 1.29 is 4.79 Å². The van der Waals surface area contributed by atoms with Crippen LogP contribution < -0.4 is 0 Å². The smallest absolute Gasteiger partial charge is 0.139 e. The maximum absolute atomic E-state index is 11.8. The molecule has 16 heavy (non-hydrogen) atoms. The molecule has 0 unspecified atom stereocenters. The SMILES string of the molecule is CCCN(CCC(=O)C(C)(C)C)CC1CC1. The number of ketones is 1. The fourth-order valence-electron chi connectivity index (χ4n) is 1.91. The number of hydrogen-bond donors (Lipinski definition) is 0. The van der Waals surface area contributed by atoms with E-state index in [2.05, 4.69) is 11.8 Å². The van der Waals surface area contributed by atoms with Gasteiger partial charge in [0.05, 0.1) is 0 Å². The van der Waals surface area contributed by atoms with Crippen LogP contribution in [0.5, 0.6) is 0 Å². The lowest BCUT2D eigenvalue weighted by Crippen LogP contribution is -2.31. The van der Waals surface area contributed by atoms with Crippen LogP contribution >= 0.6 is 0 Å². The van der Waals surface area contributed by atoms with Crippen molar-refractivity contribution in [2.75, 3.05) is 19.6 Å². The zero-order chi connectivity index (χ0) is 12.2. The molecule has 2 heteroatoms. The van der Waals surface area contributed by atoms with Gasteiger partial charge in [0.2, 0.25) is 0 Å². The highest BCUT2D eigenvalue weighted by Crippen LogP contribution is 2.30. The molecule has 0 aromatic carbocycles. The van der Waals surface area contributed by atoms with Gasteiger partial charge in [-0.15, -0.1) is 0 Å². The Hall–Kier alpha value is -0.370. The molecular formula is C14H27NO. The molecule has 0 radical (unpaired) electrons. The van der Waals surface area contributed by atoms with Crippen molar-refractivity contribution in [3.8, 4) is 0 Å². The van der Waals surface area contributed by atoms with Crippen molar-refractivity contribution in [3.05, 3.63) is 0 Å². The normalized spacial score (nSPS) is 16.8. The lowest BCUT2D eigenvalue weighted by Gasteiger charge is -2.23. The van der Waals surface area contributed by atoms with Gasteiger partial charge < -0.3 is 4.90 Å². The summed E-state index contributed by atoms with van der Waals surface area (Å²) in [5.41, 5.74) is -0.169. The summed E-state index contributed by atoms with van der Waals surface area (Å²) in [6.07, 6.45) is 4.70. The lowest BCUT2D eigenvalue weighted by atomic mass is 9.89. The summed E-state index contributed by atoms with van der Waals surface area (Å²) < 4.78 is 0. The molecule has 0 bridgehead atoms. The summed E-state index contributed by atoms with van der Waals surface area (Å²) in [5, 5.41) is 0. The van der Waals surface area contributed by atoms with Crippen LogP contribution in [-0.2, 0) is 4.79 Å².